The molecule has 0 amide bonds. The average Bonchev–Trinajstić information content (AvgIpc) is 3.15. The fourth-order valence-corrected chi connectivity index (χ4v) is 3.96. The van der Waals surface area contributed by atoms with Crippen molar-refractivity contribution in [3.63, 3.8) is 0 Å². The van der Waals surface area contributed by atoms with E-state index in [-0.39, 0.29) is 18.2 Å². The molecule has 3 nitrogen and oxygen atoms in total. The molecule has 4 rings (SSSR count). The van der Waals surface area contributed by atoms with Crippen LogP contribution in [0, 0.1) is 0 Å². The van der Waals surface area contributed by atoms with Gasteiger partial charge in [-0.25, -0.2) is 0 Å². The van der Waals surface area contributed by atoms with Gasteiger partial charge in [0, 0.05) is 15.1 Å². The van der Waals surface area contributed by atoms with Crippen LogP contribution in [0.5, 0.6) is 5.75 Å². The van der Waals surface area contributed by atoms with Gasteiger partial charge in [-0.1, -0.05) is 59.1 Å². The van der Waals surface area contributed by atoms with Crippen molar-refractivity contribution >= 4 is 40.6 Å². The van der Waals surface area contributed by atoms with E-state index in [2.05, 4.69) is 5.32 Å². The van der Waals surface area contributed by atoms with Gasteiger partial charge in [0.05, 0.1) is 17.7 Å². The Bertz CT molecular complexity index is 1060. The van der Waals surface area contributed by atoms with Gasteiger partial charge in [0.15, 0.2) is 0 Å². The zero-order chi connectivity index (χ0) is 21.3. The highest BCUT2D eigenvalue weighted by atomic mass is 35.5. The molecule has 0 bridgehead atoms. The number of aliphatic imine (C=N–C) groups is 1. The van der Waals surface area contributed by atoms with Gasteiger partial charge in [-0.15, -0.1) is 0 Å². The molecule has 2 unspecified atom stereocenters. The first-order valence-corrected chi connectivity index (χ1v) is 10.9. The Kier molecular flexibility index (Phi) is 6.24. The first kappa shape index (κ1) is 21.0. The molecule has 6 heteroatoms. The lowest BCUT2D eigenvalue weighted by molar-refractivity contribution is 0.242. The number of nitrogens with one attached hydrogen (secondary N) is 1. The van der Waals surface area contributed by atoms with Crippen molar-refractivity contribution in [2.45, 2.75) is 32.0 Å². The molecule has 3 aromatic carbocycles. The summed E-state index contributed by atoms with van der Waals surface area (Å²) in [6, 6.07) is 21.0. The van der Waals surface area contributed by atoms with Gasteiger partial charge in [0.2, 0.25) is 0 Å². The Morgan fingerprint density at radius 2 is 1.37 bits per heavy atom. The van der Waals surface area contributed by atoms with Crippen molar-refractivity contribution in [2.75, 3.05) is 0 Å². The lowest BCUT2D eigenvalue weighted by Gasteiger charge is -2.20. The van der Waals surface area contributed by atoms with Crippen LogP contribution in [0.3, 0.4) is 0 Å². The summed E-state index contributed by atoms with van der Waals surface area (Å²) in [5.41, 5.74) is 2.99. The Labute approximate surface area is 191 Å². The van der Waals surface area contributed by atoms with E-state index in [0.717, 1.165) is 28.3 Å². The van der Waals surface area contributed by atoms with Crippen LogP contribution in [-0.2, 0) is 0 Å². The predicted molar refractivity (Wildman–Crippen MR) is 125 cm³/mol. The van der Waals surface area contributed by atoms with Crippen LogP contribution in [0.4, 0.5) is 0 Å². The van der Waals surface area contributed by atoms with E-state index in [1.165, 1.54) is 0 Å². The summed E-state index contributed by atoms with van der Waals surface area (Å²) < 4.78 is 6.01. The van der Waals surface area contributed by atoms with Crippen LogP contribution < -0.4 is 10.1 Å². The van der Waals surface area contributed by atoms with E-state index in [9.17, 15) is 0 Å². The molecule has 0 radical (unpaired) electrons. The van der Waals surface area contributed by atoms with Crippen LogP contribution in [0.15, 0.2) is 71.7 Å². The normalized spacial score (nSPS) is 18.3. The topological polar surface area (TPSA) is 33.6 Å². The lowest BCUT2D eigenvalue weighted by Crippen LogP contribution is -2.25. The quantitative estimate of drug-likeness (QED) is 0.435. The van der Waals surface area contributed by atoms with Crippen molar-refractivity contribution < 1.29 is 4.74 Å². The Hall–Kier alpha value is -2.20. The summed E-state index contributed by atoms with van der Waals surface area (Å²) in [6.07, 6.45) is 0.0334. The summed E-state index contributed by atoms with van der Waals surface area (Å²) in [7, 11) is 0. The maximum atomic E-state index is 6.31. The third kappa shape index (κ3) is 4.59. The van der Waals surface area contributed by atoms with Gasteiger partial charge in [-0.2, -0.15) is 0 Å². The number of hydrogen-bond donors (Lipinski definition) is 1. The molecular weight excluding hydrogens is 439 g/mol. The van der Waals surface area contributed by atoms with Gasteiger partial charge in [-0.05, 0) is 67.4 Å². The monoisotopic (exact) mass is 458 g/mol. The summed E-state index contributed by atoms with van der Waals surface area (Å²) in [4.78, 5) is 5.04. The second-order valence-corrected chi connectivity index (χ2v) is 8.76. The summed E-state index contributed by atoms with van der Waals surface area (Å²) >= 11 is 18.5. The Morgan fingerprint density at radius 3 is 1.97 bits per heavy atom. The van der Waals surface area contributed by atoms with Gasteiger partial charge >= 0.3 is 0 Å². The number of rotatable bonds is 5. The fraction of sp³-hybridized carbons (Fsp3) is 0.208. The van der Waals surface area contributed by atoms with Crippen molar-refractivity contribution in [3.05, 3.63) is 98.5 Å². The van der Waals surface area contributed by atoms with E-state index < -0.39 is 0 Å². The molecule has 0 spiro atoms. The lowest BCUT2D eigenvalue weighted by atomic mass is 9.95. The SMILES string of the molecule is CC(C)Oc1ccc(Cl)cc1C1=NC(c2ccc(Cl)cc2)C(c2ccc(Cl)cc2)N1. The average molecular weight is 460 g/mol. The molecule has 0 aliphatic carbocycles. The molecule has 1 aliphatic heterocycles. The minimum Gasteiger partial charge on any atom is -0.490 e. The Balaban J connectivity index is 1.78. The third-order valence-electron chi connectivity index (χ3n) is 4.88. The first-order chi connectivity index (χ1) is 14.4. The van der Waals surface area contributed by atoms with E-state index in [4.69, 9.17) is 44.5 Å². The van der Waals surface area contributed by atoms with Crippen molar-refractivity contribution in [3.8, 4) is 5.75 Å². The van der Waals surface area contributed by atoms with E-state index >= 15 is 0 Å². The van der Waals surface area contributed by atoms with E-state index in [0.29, 0.717) is 15.1 Å². The second kappa shape index (κ2) is 8.89. The molecule has 1 N–H and O–H groups in total. The zero-order valence-electron chi connectivity index (χ0n) is 16.6. The standard InChI is InChI=1S/C24H21Cl3N2O/c1-14(2)30-21-12-11-19(27)13-20(21)24-28-22(15-3-7-17(25)8-4-15)23(29-24)16-5-9-18(26)10-6-16/h3-14,22-23H,1-2H3,(H,28,29). The van der Waals surface area contributed by atoms with Gasteiger partial charge in [0.25, 0.3) is 0 Å². The predicted octanol–water partition coefficient (Wildman–Crippen LogP) is 7.27. The highest BCUT2D eigenvalue weighted by Crippen LogP contribution is 2.39. The van der Waals surface area contributed by atoms with E-state index in [1.54, 1.807) is 0 Å². The third-order valence-corrected chi connectivity index (χ3v) is 5.62. The molecule has 0 aromatic heterocycles. The maximum absolute atomic E-state index is 6.31. The molecule has 3 aromatic rings. The van der Waals surface area contributed by atoms with Gasteiger partial charge < -0.3 is 10.1 Å². The summed E-state index contributed by atoms with van der Waals surface area (Å²) in [5.74, 6) is 1.49. The van der Waals surface area contributed by atoms with E-state index in [1.807, 2.05) is 80.6 Å². The first-order valence-electron chi connectivity index (χ1n) is 9.72. The van der Waals surface area contributed by atoms with Crippen molar-refractivity contribution in [2.24, 2.45) is 4.99 Å². The minimum absolute atomic E-state index is 0.0334. The number of amidine groups is 1. The van der Waals surface area contributed by atoms with Crippen molar-refractivity contribution in [1.82, 2.24) is 5.32 Å². The molecule has 2 atom stereocenters. The minimum atomic E-state index is -0.135. The number of ether oxygens (including phenoxy) is 1. The van der Waals surface area contributed by atoms with Crippen LogP contribution >= 0.6 is 34.8 Å². The smallest absolute Gasteiger partial charge is 0.133 e. The summed E-state index contributed by atoms with van der Waals surface area (Å²) in [5, 5.41) is 5.60. The number of benzene rings is 3. The van der Waals surface area contributed by atoms with Crippen LogP contribution in [0.25, 0.3) is 0 Å². The molecule has 154 valence electrons. The van der Waals surface area contributed by atoms with Crippen molar-refractivity contribution in [1.29, 1.82) is 0 Å². The number of hydrogen-bond acceptors (Lipinski definition) is 3. The zero-order valence-corrected chi connectivity index (χ0v) is 18.8. The molecule has 1 heterocycles. The van der Waals surface area contributed by atoms with Crippen LogP contribution in [0.1, 0.15) is 42.6 Å². The highest BCUT2D eigenvalue weighted by Gasteiger charge is 2.33. The molecule has 0 saturated heterocycles. The largest absolute Gasteiger partial charge is 0.490 e. The molecule has 0 fully saturated rings. The number of nitrogens with zero attached hydrogens (tertiary/aromatic N) is 1. The second-order valence-electron chi connectivity index (χ2n) is 7.45. The molecule has 0 saturated carbocycles. The number of halogens is 3. The Morgan fingerprint density at radius 1 is 0.800 bits per heavy atom. The van der Waals surface area contributed by atoms with Crippen LogP contribution in [-0.4, -0.2) is 11.9 Å². The van der Waals surface area contributed by atoms with Gasteiger partial charge in [-0.3, -0.25) is 4.99 Å². The van der Waals surface area contributed by atoms with Gasteiger partial charge in [0.1, 0.15) is 17.6 Å². The highest BCUT2D eigenvalue weighted by molar-refractivity contribution is 6.31. The fourth-order valence-electron chi connectivity index (χ4n) is 3.53. The maximum Gasteiger partial charge on any atom is 0.133 e. The molecule has 1 aliphatic rings. The van der Waals surface area contributed by atoms with Crippen LogP contribution in [0.2, 0.25) is 15.1 Å². The summed E-state index contributed by atoms with van der Waals surface area (Å²) in [6.45, 7) is 3.99. The molecular formula is C24H21Cl3N2O. The molecule has 30 heavy (non-hydrogen) atoms.